The lowest BCUT2D eigenvalue weighted by Gasteiger charge is -2.23. The summed E-state index contributed by atoms with van der Waals surface area (Å²) in [6.07, 6.45) is 0. The van der Waals surface area contributed by atoms with Gasteiger partial charge in [0.15, 0.2) is 0 Å². The number of non-ortho nitro benzene ring substituents is 1. The van der Waals surface area contributed by atoms with E-state index in [9.17, 15) is 18.5 Å². The van der Waals surface area contributed by atoms with Gasteiger partial charge in [-0.3, -0.25) is 14.4 Å². The molecule has 0 fully saturated rings. The van der Waals surface area contributed by atoms with Crippen LogP contribution in [-0.2, 0) is 10.0 Å². The molecule has 0 spiro atoms. The van der Waals surface area contributed by atoms with Gasteiger partial charge in [-0.2, -0.15) is 0 Å². The summed E-state index contributed by atoms with van der Waals surface area (Å²) >= 11 is 0. The van der Waals surface area contributed by atoms with Gasteiger partial charge in [-0.1, -0.05) is 18.2 Å². The zero-order valence-electron chi connectivity index (χ0n) is 12.7. The zero-order valence-corrected chi connectivity index (χ0v) is 13.5. The first-order chi connectivity index (χ1) is 10.9. The minimum absolute atomic E-state index is 0.0602. The van der Waals surface area contributed by atoms with E-state index >= 15 is 0 Å². The fraction of sp³-hybridized carbons (Fsp3) is 0.200. The highest BCUT2D eigenvalue weighted by atomic mass is 32.2. The molecule has 8 heteroatoms. The molecule has 0 aliphatic heterocycles. The van der Waals surface area contributed by atoms with E-state index in [0.717, 1.165) is 6.07 Å². The Kier molecular flexibility index (Phi) is 4.85. The Morgan fingerprint density at radius 1 is 1.17 bits per heavy atom. The molecular formula is C15H16N2O5S. The van der Waals surface area contributed by atoms with E-state index in [2.05, 4.69) is 0 Å². The lowest BCUT2D eigenvalue weighted by atomic mass is 10.3. The predicted octanol–water partition coefficient (Wildman–Crippen LogP) is 2.82. The number of nitro benzene ring substituents is 1. The number of nitrogens with zero attached hydrogens (tertiary/aromatic N) is 2. The number of para-hydroxylation sites is 1. The van der Waals surface area contributed by atoms with E-state index in [0.29, 0.717) is 5.69 Å². The van der Waals surface area contributed by atoms with Crippen molar-refractivity contribution in [3.63, 3.8) is 0 Å². The zero-order chi connectivity index (χ0) is 17.0. The molecular weight excluding hydrogens is 320 g/mol. The number of hydrogen-bond donors (Lipinski definition) is 0. The molecule has 2 rings (SSSR count). The molecule has 0 aliphatic carbocycles. The van der Waals surface area contributed by atoms with Crippen molar-refractivity contribution in [3.8, 4) is 5.75 Å². The second kappa shape index (κ2) is 6.66. The van der Waals surface area contributed by atoms with E-state index < -0.39 is 14.9 Å². The van der Waals surface area contributed by atoms with Crippen molar-refractivity contribution in [2.45, 2.75) is 11.8 Å². The first kappa shape index (κ1) is 16.8. The largest absolute Gasteiger partial charge is 0.495 e. The monoisotopic (exact) mass is 336 g/mol. The average molecular weight is 336 g/mol. The Morgan fingerprint density at radius 3 is 2.35 bits per heavy atom. The maximum Gasteiger partial charge on any atom is 0.271 e. The number of sulfonamides is 1. The molecule has 0 heterocycles. The molecule has 0 amide bonds. The molecule has 2 aromatic carbocycles. The summed E-state index contributed by atoms with van der Waals surface area (Å²) in [5.41, 5.74) is 0.164. The van der Waals surface area contributed by atoms with Crippen molar-refractivity contribution in [1.29, 1.82) is 0 Å². The fourth-order valence-corrected chi connectivity index (χ4v) is 3.84. The van der Waals surface area contributed by atoms with Crippen LogP contribution in [0.4, 0.5) is 11.4 Å². The summed E-state index contributed by atoms with van der Waals surface area (Å²) in [7, 11) is -2.68. The number of rotatable bonds is 6. The van der Waals surface area contributed by atoms with Crippen LogP contribution in [0.15, 0.2) is 53.4 Å². The number of ether oxygens (including phenoxy) is 1. The third-order valence-electron chi connectivity index (χ3n) is 3.26. The van der Waals surface area contributed by atoms with Gasteiger partial charge in [-0.15, -0.1) is 0 Å². The van der Waals surface area contributed by atoms with E-state index in [-0.39, 0.29) is 22.9 Å². The molecule has 122 valence electrons. The smallest absolute Gasteiger partial charge is 0.271 e. The minimum Gasteiger partial charge on any atom is -0.495 e. The van der Waals surface area contributed by atoms with Gasteiger partial charge in [-0.05, 0) is 25.1 Å². The molecule has 23 heavy (non-hydrogen) atoms. The van der Waals surface area contributed by atoms with Gasteiger partial charge >= 0.3 is 0 Å². The van der Waals surface area contributed by atoms with Gasteiger partial charge in [0.25, 0.3) is 15.7 Å². The van der Waals surface area contributed by atoms with Gasteiger partial charge in [0.05, 0.1) is 17.7 Å². The Balaban J connectivity index is 2.62. The minimum atomic E-state index is -4.00. The molecule has 0 unspecified atom stereocenters. The first-order valence-corrected chi connectivity index (χ1v) is 8.26. The molecule has 7 nitrogen and oxygen atoms in total. The molecule has 0 N–H and O–H groups in total. The van der Waals surface area contributed by atoms with Crippen LogP contribution in [0.25, 0.3) is 0 Å². The maximum atomic E-state index is 12.9. The van der Waals surface area contributed by atoms with Crippen molar-refractivity contribution >= 4 is 21.4 Å². The lowest BCUT2D eigenvalue weighted by molar-refractivity contribution is -0.385. The summed E-state index contributed by atoms with van der Waals surface area (Å²) < 4.78 is 32.1. The molecule has 0 saturated carbocycles. The van der Waals surface area contributed by atoms with Gasteiger partial charge in [0.2, 0.25) is 0 Å². The molecule has 2 aromatic rings. The van der Waals surface area contributed by atoms with Crippen LogP contribution in [0.1, 0.15) is 6.92 Å². The van der Waals surface area contributed by atoms with Crippen LogP contribution in [0, 0.1) is 10.1 Å². The Labute approximate surface area is 134 Å². The Morgan fingerprint density at radius 2 is 1.83 bits per heavy atom. The van der Waals surface area contributed by atoms with Crippen LogP contribution in [0.5, 0.6) is 5.75 Å². The van der Waals surface area contributed by atoms with E-state index in [1.807, 2.05) is 0 Å². The van der Waals surface area contributed by atoms with Crippen molar-refractivity contribution in [2.24, 2.45) is 0 Å². The van der Waals surface area contributed by atoms with Crippen molar-refractivity contribution in [2.75, 3.05) is 18.0 Å². The number of methoxy groups -OCH3 is 1. The molecule has 0 aromatic heterocycles. The number of hydrogen-bond acceptors (Lipinski definition) is 5. The van der Waals surface area contributed by atoms with Gasteiger partial charge < -0.3 is 4.74 Å². The second-order valence-corrected chi connectivity index (χ2v) is 6.43. The standard InChI is InChI=1S/C15H16N2O5S/c1-3-16(12-7-5-4-6-8-12)23(20,21)15-11-13(17(18)19)9-10-14(15)22-2/h4-11H,3H2,1-2H3. The molecule has 0 aliphatic rings. The van der Waals surface area contributed by atoms with Gasteiger partial charge in [0, 0.05) is 18.7 Å². The van der Waals surface area contributed by atoms with Crippen LogP contribution in [0.2, 0.25) is 0 Å². The maximum absolute atomic E-state index is 12.9. The third kappa shape index (κ3) is 3.26. The van der Waals surface area contributed by atoms with Crippen LogP contribution < -0.4 is 9.04 Å². The van der Waals surface area contributed by atoms with Crippen LogP contribution in [-0.4, -0.2) is 27.0 Å². The van der Waals surface area contributed by atoms with Gasteiger partial charge in [0.1, 0.15) is 10.6 Å². The molecule has 0 saturated heterocycles. The summed E-state index contributed by atoms with van der Waals surface area (Å²) in [6, 6.07) is 12.0. The topological polar surface area (TPSA) is 89.8 Å². The third-order valence-corrected chi connectivity index (χ3v) is 5.18. The summed E-state index contributed by atoms with van der Waals surface area (Å²) in [5.74, 6) is 0.0602. The highest BCUT2D eigenvalue weighted by Crippen LogP contribution is 2.32. The predicted molar refractivity (Wildman–Crippen MR) is 86.3 cm³/mol. The SMILES string of the molecule is CCN(c1ccccc1)S(=O)(=O)c1cc([N+](=O)[O-])ccc1OC. The van der Waals surface area contributed by atoms with Crippen molar-refractivity contribution in [1.82, 2.24) is 0 Å². The number of anilines is 1. The highest BCUT2D eigenvalue weighted by molar-refractivity contribution is 7.93. The van der Waals surface area contributed by atoms with Gasteiger partial charge in [-0.25, -0.2) is 8.42 Å². The Hall–Kier alpha value is -2.61. The van der Waals surface area contributed by atoms with E-state index in [1.165, 1.54) is 23.5 Å². The fourth-order valence-electron chi connectivity index (χ4n) is 2.18. The van der Waals surface area contributed by atoms with Crippen molar-refractivity contribution < 1.29 is 18.1 Å². The molecule has 0 atom stereocenters. The van der Waals surface area contributed by atoms with Crippen LogP contribution >= 0.6 is 0 Å². The summed E-state index contributed by atoms with van der Waals surface area (Å²) in [5, 5.41) is 10.9. The normalized spacial score (nSPS) is 11.0. The first-order valence-electron chi connectivity index (χ1n) is 6.82. The Bertz CT molecular complexity index is 806. The summed E-state index contributed by atoms with van der Waals surface area (Å²) in [4.78, 5) is 10.1. The second-order valence-electron chi connectivity index (χ2n) is 4.60. The lowest BCUT2D eigenvalue weighted by Crippen LogP contribution is -2.31. The van der Waals surface area contributed by atoms with Crippen molar-refractivity contribution in [3.05, 3.63) is 58.6 Å². The van der Waals surface area contributed by atoms with E-state index in [1.54, 1.807) is 37.3 Å². The summed E-state index contributed by atoms with van der Waals surface area (Å²) in [6.45, 7) is 1.87. The van der Waals surface area contributed by atoms with Crippen LogP contribution in [0.3, 0.4) is 0 Å². The quantitative estimate of drug-likeness (QED) is 0.597. The molecule has 0 bridgehead atoms. The molecule has 0 radical (unpaired) electrons. The average Bonchev–Trinajstić information content (AvgIpc) is 2.55. The number of nitro groups is 1. The van der Waals surface area contributed by atoms with E-state index in [4.69, 9.17) is 4.74 Å². The highest BCUT2D eigenvalue weighted by Gasteiger charge is 2.29. The number of benzene rings is 2.